The van der Waals surface area contributed by atoms with Crippen LogP contribution in [0.15, 0.2) is 99.5 Å². The van der Waals surface area contributed by atoms with E-state index >= 15 is 0 Å². The highest BCUT2D eigenvalue weighted by Crippen LogP contribution is 2.39. The topological polar surface area (TPSA) is 60.7 Å². The molecule has 0 spiro atoms. The van der Waals surface area contributed by atoms with E-state index in [-0.39, 0.29) is 5.92 Å². The number of nitrogens with zero attached hydrogens (tertiary/aromatic N) is 5. The van der Waals surface area contributed by atoms with Gasteiger partial charge in [0.05, 0.1) is 11.9 Å². The molecule has 0 saturated carbocycles. The summed E-state index contributed by atoms with van der Waals surface area (Å²) in [5.41, 5.74) is 5.97. The number of piperidine rings is 1. The quantitative estimate of drug-likeness (QED) is 0.236. The molecule has 2 aliphatic heterocycles. The van der Waals surface area contributed by atoms with E-state index in [4.69, 9.17) is 11.6 Å². The van der Waals surface area contributed by atoms with Crippen LogP contribution in [0.5, 0.6) is 0 Å². The van der Waals surface area contributed by atoms with Crippen LogP contribution >= 0.6 is 11.6 Å². The highest BCUT2D eigenvalue weighted by Gasteiger charge is 2.25. The first-order valence-corrected chi connectivity index (χ1v) is 19.2. The predicted octanol–water partition coefficient (Wildman–Crippen LogP) is 10.7. The van der Waals surface area contributed by atoms with Crippen LogP contribution in [-0.4, -0.2) is 77.5 Å². The number of nitrogens with one attached hydrogen (secondary N) is 2. The number of fused-ring (bicyclic) bond motifs is 1. The first-order chi connectivity index (χ1) is 25.2. The van der Waals surface area contributed by atoms with Gasteiger partial charge < -0.3 is 20.4 Å². The number of likely N-dealkylation sites (N-methyl/N-ethyl adjacent to an activating group) is 2. The molecule has 2 fully saturated rings. The van der Waals surface area contributed by atoms with Crippen molar-refractivity contribution in [2.75, 3.05) is 58.7 Å². The van der Waals surface area contributed by atoms with Crippen molar-refractivity contribution < 1.29 is 0 Å². The molecule has 1 aliphatic carbocycles. The Balaban J connectivity index is 0.000000524. The van der Waals surface area contributed by atoms with Crippen molar-refractivity contribution in [1.82, 2.24) is 29.5 Å². The third-order valence-corrected chi connectivity index (χ3v) is 9.79. The lowest BCUT2D eigenvalue weighted by atomic mass is 9.83. The van der Waals surface area contributed by atoms with E-state index in [0.29, 0.717) is 11.7 Å². The maximum Gasteiger partial charge on any atom is 0.180 e. The second-order valence-corrected chi connectivity index (χ2v) is 13.4. The molecule has 3 aliphatic rings. The molecule has 8 heteroatoms. The van der Waals surface area contributed by atoms with E-state index in [1.165, 1.54) is 52.1 Å². The Hall–Kier alpha value is -3.75. The maximum absolute atomic E-state index is 6.84. The zero-order chi connectivity index (χ0) is 39.1. The van der Waals surface area contributed by atoms with Gasteiger partial charge in [0.25, 0.3) is 0 Å². The maximum atomic E-state index is 6.84. The molecule has 3 aromatic rings. The Bertz CT molecular complexity index is 1510. The molecular weight excluding hydrogens is 662 g/mol. The summed E-state index contributed by atoms with van der Waals surface area (Å²) in [6.07, 6.45) is 18.6. The van der Waals surface area contributed by atoms with Gasteiger partial charge in [-0.1, -0.05) is 76.2 Å². The van der Waals surface area contributed by atoms with Crippen LogP contribution in [0.25, 0.3) is 17.3 Å². The monoisotopic (exact) mass is 730 g/mol. The number of hydrogen-bond acceptors (Lipinski definition) is 6. The molecule has 0 radical (unpaired) electrons. The molecule has 4 heterocycles. The highest BCUT2D eigenvalue weighted by atomic mass is 35.5. The number of piperazine rings is 1. The first-order valence-electron chi connectivity index (χ1n) is 18.8. The average Bonchev–Trinajstić information content (AvgIpc) is 3.62. The lowest BCUT2D eigenvalue weighted by molar-refractivity contribution is 0.181. The van der Waals surface area contributed by atoms with Crippen molar-refractivity contribution in [3.63, 3.8) is 0 Å². The minimum absolute atomic E-state index is 0.262. The zero-order valence-corrected chi connectivity index (χ0v) is 34.2. The Morgan fingerprint density at radius 1 is 1.00 bits per heavy atom. The minimum Gasteiger partial charge on any atom is -0.337 e. The van der Waals surface area contributed by atoms with Gasteiger partial charge in [-0.05, 0) is 101 Å². The number of anilines is 2. The van der Waals surface area contributed by atoms with Gasteiger partial charge in [-0.15, -0.1) is 32.9 Å². The Kier molecular flexibility index (Phi) is 23.2. The summed E-state index contributed by atoms with van der Waals surface area (Å²) in [6.45, 7) is 37.6. The highest BCUT2D eigenvalue weighted by molar-refractivity contribution is 6.33. The van der Waals surface area contributed by atoms with Crippen molar-refractivity contribution in [1.29, 1.82) is 0 Å². The van der Waals surface area contributed by atoms with Crippen molar-refractivity contribution in [2.45, 2.75) is 60.3 Å². The van der Waals surface area contributed by atoms with Crippen molar-refractivity contribution in [2.24, 2.45) is 17.8 Å². The predicted molar refractivity (Wildman–Crippen MR) is 232 cm³/mol. The molecule has 0 amide bonds. The Morgan fingerprint density at radius 3 is 2.17 bits per heavy atom. The van der Waals surface area contributed by atoms with Gasteiger partial charge in [0.1, 0.15) is 0 Å². The number of aryl methyl sites for hydroxylation is 1. The van der Waals surface area contributed by atoms with E-state index in [9.17, 15) is 0 Å². The molecular formula is C44H68ClN7. The fraction of sp³-hybridized carbons (Fsp3) is 0.455. The van der Waals surface area contributed by atoms with Crippen molar-refractivity contribution >= 4 is 40.4 Å². The summed E-state index contributed by atoms with van der Waals surface area (Å²) >= 11 is 6.84. The first kappa shape index (κ1) is 46.3. The van der Waals surface area contributed by atoms with Crippen LogP contribution in [0.3, 0.4) is 0 Å². The molecule has 1 aromatic carbocycles. The largest absolute Gasteiger partial charge is 0.337 e. The number of halogens is 1. The second-order valence-electron chi connectivity index (χ2n) is 13.0. The van der Waals surface area contributed by atoms with Crippen molar-refractivity contribution in [3.05, 3.63) is 116 Å². The summed E-state index contributed by atoms with van der Waals surface area (Å²) in [5, 5.41) is 7.61. The van der Waals surface area contributed by atoms with Gasteiger partial charge in [-0.2, -0.15) is 0 Å². The van der Waals surface area contributed by atoms with Crippen LogP contribution < -0.4 is 10.6 Å². The number of hydrogen-bond donors (Lipinski definition) is 2. The van der Waals surface area contributed by atoms with Crippen LogP contribution in [0.1, 0.15) is 70.2 Å². The number of imidazole rings is 1. The molecule has 2 aromatic heterocycles. The van der Waals surface area contributed by atoms with E-state index in [0.717, 1.165) is 57.5 Å². The Morgan fingerprint density at radius 2 is 1.65 bits per heavy atom. The molecule has 52 heavy (non-hydrogen) atoms. The van der Waals surface area contributed by atoms with Gasteiger partial charge in [-0.25, -0.2) is 9.97 Å². The molecule has 0 bridgehead atoms. The molecule has 6 rings (SSSR count). The van der Waals surface area contributed by atoms with Crippen LogP contribution in [0, 0.1) is 24.7 Å². The van der Waals surface area contributed by atoms with Gasteiger partial charge in [0.15, 0.2) is 11.5 Å². The SMILES string of the molecule is C=C.C=C.C=CCCC1C=CC(c2cnc3c(Nc4ccc(C=C)c(C)c4)nccn23)=C(Cl)C1C.CC.CC1CCCNC1.CN1CCN(C)CC1. The number of benzene rings is 1. The minimum atomic E-state index is 0.262. The fourth-order valence-corrected chi connectivity index (χ4v) is 6.34. The number of allylic oxidation sites excluding steroid dienone is 5. The zero-order valence-electron chi connectivity index (χ0n) is 33.4. The molecule has 3 unspecified atom stereocenters. The summed E-state index contributed by atoms with van der Waals surface area (Å²) in [7, 11) is 4.35. The third kappa shape index (κ3) is 14.3. The van der Waals surface area contributed by atoms with E-state index < -0.39 is 0 Å². The van der Waals surface area contributed by atoms with Crippen molar-refractivity contribution in [3.8, 4) is 0 Å². The summed E-state index contributed by atoms with van der Waals surface area (Å²) in [5.74, 6) is 2.31. The molecule has 2 N–H and O–H groups in total. The van der Waals surface area contributed by atoms with Gasteiger partial charge in [-0.3, -0.25) is 4.40 Å². The average molecular weight is 731 g/mol. The summed E-state index contributed by atoms with van der Waals surface area (Å²) in [6, 6.07) is 6.15. The summed E-state index contributed by atoms with van der Waals surface area (Å²) in [4.78, 5) is 13.9. The molecule has 2 saturated heterocycles. The van der Waals surface area contributed by atoms with Gasteiger partial charge >= 0.3 is 0 Å². The second kappa shape index (κ2) is 26.1. The van der Waals surface area contributed by atoms with Gasteiger partial charge in [0, 0.05) is 54.9 Å². The fourth-order valence-electron chi connectivity index (χ4n) is 6.02. The third-order valence-electron chi connectivity index (χ3n) is 9.24. The molecule has 3 atom stereocenters. The lowest BCUT2D eigenvalue weighted by Gasteiger charge is -2.28. The number of rotatable bonds is 7. The van der Waals surface area contributed by atoms with E-state index in [1.54, 1.807) is 6.20 Å². The number of aromatic nitrogens is 3. The van der Waals surface area contributed by atoms with E-state index in [2.05, 4.69) is 123 Å². The smallest absolute Gasteiger partial charge is 0.180 e. The molecule has 286 valence electrons. The standard InChI is InChI=1S/C26H27ClN4.C6H14N2.C6H13N.C2H6.2C2H4/c1-5-7-8-20-10-12-22(24(27)18(20)4)23-16-29-26-25(28-13-14-31(23)26)30-21-11-9-19(6-2)17(3)15-21;1-7-3-5-8(2)6-4-7;1-6-3-2-4-7-5-6;3*1-2/h5-6,9-16,18,20H,1-2,7-8H2,3-4H3,(H,28,30);3-6H2,1-2H3;6-7H,2-5H2,1H3;1-2H3;2*1-2H2. The lowest BCUT2D eigenvalue weighted by Crippen LogP contribution is -2.42. The summed E-state index contributed by atoms with van der Waals surface area (Å²) < 4.78 is 2.04. The van der Waals surface area contributed by atoms with Crippen LogP contribution in [-0.2, 0) is 0 Å². The van der Waals surface area contributed by atoms with E-state index in [1.807, 2.05) is 54.9 Å². The normalized spacial score (nSPS) is 19.7. The van der Waals surface area contributed by atoms with Crippen LogP contribution in [0.4, 0.5) is 11.5 Å². The Labute approximate surface area is 322 Å². The molecule has 7 nitrogen and oxygen atoms in total. The van der Waals surface area contributed by atoms with Crippen LogP contribution in [0.2, 0.25) is 0 Å². The van der Waals surface area contributed by atoms with Gasteiger partial charge in [0.2, 0.25) is 0 Å².